The summed E-state index contributed by atoms with van der Waals surface area (Å²) in [5.74, 6) is -0.0116. The van der Waals surface area contributed by atoms with Gasteiger partial charge in [-0.05, 0) is 43.5 Å². The highest BCUT2D eigenvalue weighted by atomic mass is 16.3. The summed E-state index contributed by atoms with van der Waals surface area (Å²) in [6, 6.07) is 7.70. The van der Waals surface area contributed by atoms with Gasteiger partial charge in [-0.3, -0.25) is 4.79 Å². The zero-order valence-electron chi connectivity index (χ0n) is 11.4. The molecule has 4 nitrogen and oxygen atoms in total. The maximum absolute atomic E-state index is 11.8. The van der Waals surface area contributed by atoms with Crippen molar-refractivity contribution in [2.75, 3.05) is 24.5 Å². The maximum Gasteiger partial charge on any atom is 0.251 e. The maximum atomic E-state index is 11.8. The average Bonchev–Trinajstić information content (AvgIpc) is 2.46. The van der Waals surface area contributed by atoms with Gasteiger partial charge in [-0.25, -0.2) is 0 Å². The van der Waals surface area contributed by atoms with E-state index in [1.807, 2.05) is 31.2 Å². The van der Waals surface area contributed by atoms with E-state index >= 15 is 0 Å². The quantitative estimate of drug-likeness (QED) is 0.870. The molecule has 0 unspecified atom stereocenters. The molecule has 1 heterocycles. The third kappa shape index (κ3) is 3.70. The molecule has 1 amide bonds. The number of carbonyl (C=O) groups is 1. The van der Waals surface area contributed by atoms with Crippen LogP contribution in [0.25, 0.3) is 0 Å². The fraction of sp³-hybridized carbons (Fsp3) is 0.533. The van der Waals surface area contributed by atoms with Crippen molar-refractivity contribution in [1.29, 1.82) is 0 Å². The summed E-state index contributed by atoms with van der Waals surface area (Å²) in [5, 5.41) is 12.4. The number of hydrogen-bond acceptors (Lipinski definition) is 3. The van der Waals surface area contributed by atoms with E-state index in [-0.39, 0.29) is 12.0 Å². The van der Waals surface area contributed by atoms with Crippen molar-refractivity contribution in [2.24, 2.45) is 0 Å². The predicted octanol–water partition coefficient (Wildman–Crippen LogP) is 1.79. The molecule has 1 aromatic carbocycles. The van der Waals surface area contributed by atoms with Gasteiger partial charge in [0.2, 0.25) is 0 Å². The molecular weight excluding hydrogens is 240 g/mol. The lowest BCUT2D eigenvalue weighted by molar-refractivity contribution is 0.0953. The molecule has 2 rings (SSSR count). The second-order valence-electron chi connectivity index (χ2n) is 5.02. The van der Waals surface area contributed by atoms with Gasteiger partial charge in [0.1, 0.15) is 0 Å². The largest absolute Gasteiger partial charge is 0.393 e. The predicted molar refractivity (Wildman–Crippen MR) is 76.5 cm³/mol. The minimum Gasteiger partial charge on any atom is -0.393 e. The van der Waals surface area contributed by atoms with E-state index < -0.39 is 0 Å². The van der Waals surface area contributed by atoms with Gasteiger partial charge in [0, 0.05) is 30.9 Å². The first-order valence-electron chi connectivity index (χ1n) is 7.02. The molecule has 1 aromatic rings. The lowest BCUT2D eigenvalue weighted by Gasteiger charge is -2.31. The fourth-order valence-corrected chi connectivity index (χ4v) is 2.29. The van der Waals surface area contributed by atoms with Crippen molar-refractivity contribution >= 4 is 11.6 Å². The SMILES string of the molecule is CCCNC(=O)c1ccc(N2CCC(O)CC2)cc1. The Labute approximate surface area is 114 Å². The number of nitrogens with one attached hydrogen (secondary N) is 1. The molecule has 19 heavy (non-hydrogen) atoms. The Morgan fingerprint density at radius 2 is 1.95 bits per heavy atom. The number of piperidine rings is 1. The van der Waals surface area contributed by atoms with Crippen LogP contribution in [-0.2, 0) is 0 Å². The van der Waals surface area contributed by atoms with E-state index in [9.17, 15) is 9.90 Å². The van der Waals surface area contributed by atoms with Gasteiger partial charge in [-0.1, -0.05) is 6.92 Å². The highest BCUT2D eigenvalue weighted by Crippen LogP contribution is 2.20. The number of aliphatic hydroxyl groups is 1. The monoisotopic (exact) mass is 262 g/mol. The summed E-state index contributed by atoms with van der Waals surface area (Å²) < 4.78 is 0. The summed E-state index contributed by atoms with van der Waals surface area (Å²) in [6.45, 7) is 4.50. The first-order valence-corrected chi connectivity index (χ1v) is 7.02. The first-order chi connectivity index (χ1) is 9.20. The van der Waals surface area contributed by atoms with Crippen LogP contribution in [0.3, 0.4) is 0 Å². The second kappa shape index (κ2) is 6.57. The Balaban J connectivity index is 1.96. The van der Waals surface area contributed by atoms with Gasteiger partial charge >= 0.3 is 0 Å². The Hall–Kier alpha value is -1.55. The van der Waals surface area contributed by atoms with Crippen molar-refractivity contribution in [3.05, 3.63) is 29.8 Å². The summed E-state index contributed by atoms with van der Waals surface area (Å²) in [6.07, 6.45) is 2.42. The number of hydrogen-bond donors (Lipinski definition) is 2. The van der Waals surface area contributed by atoms with Crippen LogP contribution in [0, 0.1) is 0 Å². The minimum absolute atomic E-state index is 0.0116. The number of nitrogens with zero attached hydrogens (tertiary/aromatic N) is 1. The highest BCUT2D eigenvalue weighted by molar-refractivity contribution is 5.94. The Morgan fingerprint density at radius 3 is 2.53 bits per heavy atom. The van der Waals surface area contributed by atoms with Crippen LogP contribution in [0.1, 0.15) is 36.5 Å². The molecule has 104 valence electrons. The van der Waals surface area contributed by atoms with Gasteiger partial charge in [0.05, 0.1) is 6.10 Å². The van der Waals surface area contributed by atoms with Crippen LogP contribution in [0.5, 0.6) is 0 Å². The smallest absolute Gasteiger partial charge is 0.251 e. The van der Waals surface area contributed by atoms with Gasteiger partial charge in [0.15, 0.2) is 0 Å². The molecule has 0 spiro atoms. The lowest BCUT2D eigenvalue weighted by atomic mass is 10.1. The van der Waals surface area contributed by atoms with E-state index in [1.54, 1.807) is 0 Å². The Kier molecular flexibility index (Phi) is 4.80. The number of anilines is 1. The molecule has 0 atom stereocenters. The van der Waals surface area contributed by atoms with Gasteiger partial charge in [0.25, 0.3) is 5.91 Å². The highest BCUT2D eigenvalue weighted by Gasteiger charge is 2.17. The molecule has 2 N–H and O–H groups in total. The van der Waals surface area contributed by atoms with E-state index in [0.717, 1.165) is 38.0 Å². The minimum atomic E-state index is -0.157. The molecule has 1 saturated heterocycles. The molecular formula is C15H22N2O2. The first kappa shape index (κ1) is 13.9. The third-order valence-electron chi connectivity index (χ3n) is 3.49. The molecule has 0 aliphatic carbocycles. The lowest BCUT2D eigenvalue weighted by Crippen LogP contribution is -2.35. The van der Waals surface area contributed by atoms with Crippen molar-refractivity contribution in [1.82, 2.24) is 5.32 Å². The third-order valence-corrected chi connectivity index (χ3v) is 3.49. The van der Waals surface area contributed by atoms with Crippen molar-refractivity contribution in [3.63, 3.8) is 0 Å². The number of benzene rings is 1. The summed E-state index contributed by atoms with van der Waals surface area (Å²) in [7, 11) is 0. The summed E-state index contributed by atoms with van der Waals surface area (Å²) >= 11 is 0. The molecule has 0 bridgehead atoms. The fourth-order valence-electron chi connectivity index (χ4n) is 2.29. The zero-order chi connectivity index (χ0) is 13.7. The molecule has 0 radical (unpaired) electrons. The molecule has 1 fully saturated rings. The molecule has 1 aliphatic rings. The average molecular weight is 262 g/mol. The van der Waals surface area contributed by atoms with Crippen molar-refractivity contribution in [2.45, 2.75) is 32.3 Å². The Bertz CT molecular complexity index is 409. The number of carbonyl (C=O) groups excluding carboxylic acids is 1. The summed E-state index contributed by atoms with van der Waals surface area (Å²) in [4.78, 5) is 14.0. The van der Waals surface area contributed by atoms with Crippen molar-refractivity contribution in [3.8, 4) is 0 Å². The van der Waals surface area contributed by atoms with Gasteiger partial charge in [-0.2, -0.15) is 0 Å². The standard InChI is InChI=1S/C15H22N2O2/c1-2-9-16-15(19)12-3-5-13(6-4-12)17-10-7-14(18)8-11-17/h3-6,14,18H,2,7-11H2,1H3,(H,16,19). The Morgan fingerprint density at radius 1 is 1.32 bits per heavy atom. The van der Waals surface area contributed by atoms with E-state index in [0.29, 0.717) is 12.1 Å². The van der Waals surface area contributed by atoms with Gasteiger partial charge in [-0.15, -0.1) is 0 Å². The second-order valence-corrected chi connectivity index (χ2v) is 5.02. The molecule has 0 aromatic heterocycles. The molecule has 4 heteroatoms. The number of aliphatic hydroxyl groups excluding tert-OH is 1. The van der Waals surface area contributed by atoms with Crippen LogP contribution in [0.2, 0.25) is 0 Å². The zero-order valence-corrected chi connectivity index (χ0v) is 11.4. The van der Waals surface area contributed by atoms with Crippen molar-refractivity contribution < 1.29 is 9.90 Å². The van der Waals surface area contributed by atoms with E-state index in [4.69, 9.17) is 0 Å². The van der Waals surface area contributed by atoms with Crippen LogP contribution < -0.4 is 10.2 Å². The van der Waals surface area contributed by atoms with E-state index in [2.05, 4.69) is 10.2 Å². The molecule has 1 aliphatic heterocycles. The normalized spacial score (nSPS) is 16.4. The van der Waals surface area contributed by atoms with Gasteiger partial charge < -0.3 is 15.3 Å². The van der Waals surface area contributed by atoms with Crippen LogP contribution >= 0.6 is 0 Å². The van der Waals surface area contributed by atoms with Crippen LogP contribution in [-0.4, -0.2) is 36.8 Å². The number of amides is 1. The van der Waals surface area contributed by atoms with E-state index in [1.165, 1.54) is 0 Å². The summed E-state index contributed by atoms with van der Waals surface area (Å²) in [5.41, 5.74) is 1.83. The topological polar surface area (TPSA) is 52.6 Å². The van der Waals surface area contributed by atoms with Crippen LogP contribution in [0.4, 0.5) is 5.69 Å². The molecule has 0 saturated carbocycles. The van der Waals surface area contributed by atoms with Crippen LogP contribution in [0.15, 0.2) is 24.3 Å². The number of rotatable bonds is 4.